The smallest absolute Gasteiger partial charge is 0.220 e. The summed E-state index contributed by atoms with van der Waals surface area (Å²) >= 11 is 0. The van der Waals surface area contributed by atoms with Crippen LogP contribution in [0.25, 0.3) is 0 Å². The van der Waals surface area contributed by atoms with Gasteiger partial charge in [-0.2, -0.15) is 0 Å². The highest BCUT2D eigenvalue weighted by molar-refractivity contribution is 5.78. The first kappa shape index (κ1) is 14.8. The van der Waals surface area contributed by atoms with Crippen LogP contribution in [-0.4, -0.2) is 31.5 Å². The molecule has 0 aromatic carbocycles. The molecule has 0 aromatic rings. The molecule has 104 valence electrons. The van der Waals surface area contributed by atoms with E-state index in [0.29, 0.717) is 31.4 Å². The van der Waals surface area contributed by atoms with Crippen molar-refractivity contribution in [1.29, 1.82) is 0 Å². The van der Waals surface area contributed by atoms with Crippen LogP contribution in [-0.2, 0) is 4.79 Å². The van der Waals surface area contributed by atoms with E-state index in [9.17, 15) is 4.79 Å². The number of guanidine groups is 1. The maximum Gasteiger partial charge on any atom is 0.220 e. The minimum Gasteiger partial charge on any atom is -0.370 e. The Bertz CT molecular complexity index is 272. The molecule has 5 heteroatoms. The van der Waals surface area contributed by atoms with E-state index in [4.69, 9.17) is 5.73 Å². The first-order chi connectivity index (χ1) is 8.72. The Hall–Kier alpha value is -1.26. The fourth-order valence-electron chi connectivity index (χ4n) is 2.23. The highest BCUT2D eigenvalue weighted by Gasteiger charge is 2.17. The predicted molar refractivity (Wildman–Crippen MR) is 74.4 cm³/mol. The summed E-state index contributed by atoms with van der Waals surface area (Å²) in [6, 6.07) is 0. The number of nitrogens with one attached hydrogen (secondary N) is 2. The average Bonchev–Trinajstić information content (AvgIpc) is 2.85. The Kier molecular flexibility index (Phi) is 7.22. The van der Waals surface area contributed by atoms with Crippen LogP contribution in [0, 0.1) is 5.92 Å². The lowest BCUT2D eigenvalue weighted by Gasteiger charge is -2.10. The first-order valence-electron chi connectivity index (χ1n) is 7.03. The molecular formula is C13H26N4O. The Labute approximate surface area is 110 Å². The van der Waals surface area contributed by atoms with Crippen molar-refractivity contribution in [3.63, 3.8) is 0 Å². The molecule has 0 unspecified atom stereocenters. The van der Waals surface area contributed by atoms with E-state index in [1.165, 1.54) is 25.7 Å². The fourth-order valence-corrected chi connectivity index (χ4v) is 2.23. The van der Waals surface area contributed by atoms with Gasteiger partial charge < -0.3 is 16.4 Å². The minimum absolute atomic E-state index is 0.160. The van der Waals surface area contributed by atoms with Crippen molar-refractivity contribution in [3.05, 3.63) is 0 Å². The molecule has 0 saturated heterocycles. The van der Waals surface area contributed by atoms with Crippen molar-refractivity contribution in [2.75, 3.05) is 19.6 Å². The van der Waals surface area contributed by atoms with Crippen LogP contribution in [0.4, 0.5) is 0 Å². The summed E-state index contributed by atoms with van der Waals surface area (Å²) in [4.78, 5) is 15.7. The third-order valence-electron chi connectivity index (χ3n) is 3.21. The molecule has 1 aliphatic rings. The third-order valence-corrected chi connectivity index (χ3v) is 3.21. The molecule has 1 aliphatic carbocycles. The van der Waals surface area contributed by atoms with Gasteiger partial charge >= 0.3 is 0 Å². The molecule has 0 atom stereocenters. The number of hydrogen-bond donors (Lipinski definition) is 3. The highest BCUT2D eigenvalue weighted by atomic mass is 16.1. The topological polar surface area (TPSA) is 79.5 Å². The molecule has 5 nitrogen and oxygen atoms in total. The van der Waals surface area contributed by atoms with Crippen LogP contribution >= 0.6 is 0 Å². The summed E-state index contributed by atoms with van der Waals surface area (Å²) in [6.07, 6.45) is 6.65. The van der Waals surface area contributed by atoms with Crippen molar-refractivity contribution in [2.24, 2.45) is 16.6 Å². The number of rotatable bonds is 7. The highest BCUT2D eigenvalue weighted by Crippen LogP contribution is 2.27. The molecule has 0 bridgehead atoms. The van der Waals surface area contributed by atoms with Gasteiger partial charge in [0.15, 0.2) is 5.96 Å². The minimum atomic E-state index is 0.160. The summed E-state index contributed by atoms with van der Waals surface area (Å²) < 4.78 is 0. The van der Waals surface area contributed by atoms with Crippen molar-refractivity contribution < 1.29 is 4.79 Å². The van der Waals surface area contributed by atoms with Gasteiger partial charge in [0.2, 0.25) is 5.91 Å². The predicted octanol–water partition coefficient (Wildman–Crippen LogP) is 0.997. The van der Waals surface area contributed by atoms with Crippen LogP contribution in [0.5, 0.6) is 0 Å². The van der Waals surface area contributed by atoms with E-state index in [1.807, 2.05) is 0 Å². The molecule has 0 spiro atoms. The van der Waals surface area contributed by atoms with Crippen LogP contribution < -0.4 is 16.4 Å². The Morgan fingerprint density at radius 1 is 1.28 bits per heavy atom. The first-order valence-corrected chi connectivity index (χ1v) is 7.03. The second-order valence-corrected chi connectivity index (χ2v) is 4.90. The van der Waals surface area contributed by atoms with Crippen LogP contribution in [0.3, 0.4) is 0 Å². The lowest BCUT2D eigenvalue weighted by molar-refractivity contribution is -0.121. The molecular weight excluding hydrogens is 228 g/mol. The van der Waals surface area contributed by atoms with Crippen LogP contribution in [0.2, 0.25) is 0 Å². The van der Waals surface area contributed by atoms with Crippen LogP contribution in [0.1, 0.15) is 45.4 Å². The molecule has 1 rings (SSSR count). The van der Waals surface area contributed by atoms with Gasteiger partial charge in [-0.3, -0.25) is 9.79 Å². The lowest BCUT2D eigenvalue weighted by Crippen LogP contribution is -2.38. The molecule has 0 aliphatic heterocycles. The molecule has 18 heavy (non-hydrogen) atoms. The summed E-state index contributed by atoms with van der Waals surface area (Å²) in [5, 5.41) is 5.89. The summed E-state index contributed by atoms with van der Waals surface area (Å²) in [6.45, 7) is 4.04. The maximum atomic E-state index is 11.6. The monoisotopic (exact) mass is 254 g/mol. The number of amides is 1. The van der Waals surface area contributed by atoms with Crippen LogP contribution in [0.15, 0.2) is 4.99 Å². The fraction of sp³-hybridized carbons (Fsp3) is 0.846. The van der Waals surface area contributed by atoms with Gasteiger partial charge in [0.25, 0.3) is 0 Å². The largest absolute Gasteiger partial charge is 0.370 e. The van der Waals surface area contributed by atoms with E-state index in [1.54, 1.807) is 0 Å². The van der Waals surface area contributed by atoms with E-state index >= 15 is 0 Å². The van der Waals surface area contributed by atoms with Gasteiger partial charge in [0, 0.05) is 26.1 Å². The number of nitrogens with zero attached hydrogens (tertiary/aromatic N) is 1. The number of hydrogen-bond acceptors (Lipinski definition) is 2. The summed E-state index contributed by atoms with van der Waals surface area (Å²) in [5.74, 6) is 1.23. The molecule has 1 amide bonds. The summed E-state index contributed by atoms with van der Waals surface area (Å²) in [5.41, 5.74) is 5.63. The van der Waals surface area contributed by atoms with E-state index < -0.39 is 0 Å². The van der Waals surface area contributed by atoms with Crippen molar-refractivity contribution in [3.8, 4) is 0 Å². The van der Waals surface area contributed by atoms with Crippen molar-refractivity contribution in [2.45, 2.75) is 45.4 Å². The van der Waals surface area contributed by atoms with Gasteiger partial charge in [0.1, 0.15) is 0 Å². The number of carbonyl (C=O) groups is 1. The number of nitrogens with two attached hydrogens (primary N) is 1. The second kappa shape index (κ2) is 8.78. The van der Waals surface area contributed by atoms with E-state index in [-0.39, 0.29) is 5.91 Å². The molecule has 1 saturated carbocycles. The molecule has 1 fully saturated rings. The van der Waals surface area contributed by atoms with E-state index in [0.717, 1.165) is 13.0 Å². The van der Waals surface area contributed by atoms with Gasteiger partial charge in [-0.25, -0.2) is 0 Å². The van der Waals surface area contributed by atoms with Gasteiger partial charge in [-0.1, -0.05) is 19.8 Å². The third kappa shape index (κ3) is 6.47. The van der Waals surface area contributed by atoms with E-state index in [2.05, 4.69) is 22.5 Å². The molecule has 0 aromatic heterocycles. The molecule has 0 heterocycles. The number of aliphatic imine (C=N–C) groups is 1. The van der Waals surface area contributed by atoms with Gasteiger partial charge in [-0.15, -0.1) is 0 Å². The lowest BCUT2D eigenvalue weighted by atomic mass is 10.0. The Balaban J connectivity index is 2.01. The Morgan fingerprint density at radius 2 is 1.94 bits per heavy atom. The van der Waals surface area contributed by atoms with Gasteiger partial charge in [0.05, 0.1) is 0 Å². The van der Waals surface area contributed by atoms with Crippen molar-refractivity contribution in [1.82, 2.24) is 10.6 Å². The standard InChI is InChI=1S/C13H26N4O/c1-2-7-16-13(14)17-9-8-15-12(18)10-11-5-3-4-6-11/h11H,2-10H2,1H3,(H,15,18)(H3,14,16,17). The Morgan fingerprint density at radius 3 is 2.61 bits per heavy atom. The zero-order chi connectivity index (χ0) is 13.2. The molecule has 0 radical (unpaired) electrons. The quantitative estimate of drug-likeness (QED) is 0.360. The SMILES string of the molecule is CCCN=C(N)NCCNC(=O)CC1CCCC1. The van der Waals surface area contributed by atoms with Gasteiger partial charge in [-0.05, 0) is 25.2 Å². The second-order valence-electron chi connectivity index (χ2n) is 4.90. The zero-order valence-corrected chi connectivity index (χ0v) is 11.4. The summed E-state index contributed by atoms with van der Waals surface area (Å²) in [7, 11) is 0. The number of carbonyl (C=O) groups excluding carboxylic acids is 1. The average molecular weight is 254 g/mol. The maximum absolute atomic E-state index is 11.6. The van der Waals surface area contributed by atoms with Crippen molar-refractivity contribution >= 4 is 11.9 Å². The molecule has 4 N–H and O–H groups in total. The normalized spacial score (nSPS) is 16.8. The zero-order valence-electron chi connectivity index (χ0n) is 11.4.